The molecule has 0 amide bonds. The molecule has 6 nitrogen and oxygen atoms in total. The fraction of sp³-hybridized carbons (Fsp3) is 0.143. The minimum atomic E-state index is -0.352. The van der Waals surface area contributed by atoms with Crippen LogP contribution in [0.1, 0.15) is 52.1 Å². The molecule has 244 valence electrons. The van der Waals surface area contributed by atoms with Gasteiger partial charge in [0.2, 0.25) is 0 Å². The van der Waals surface area contributed by atoms with Gasteiger partial charge in [-0.25, -0.2) is 0 Å². The van der Waals surface area contributed by atoms with E-state index in [1.54, 1.807) is 12.1 Å². The molecule has 0 aliphatic heterocycles. The quantitative estimate of drug-likeness (QED) is 0.0834. The molecular formula is C42H44N4O2. The lowest BCUT2D eigenvalue weighted by atomic mass is 10.0. The van der Waals surface area contributed by atoms with Crippen molar-refractivity contribution in [2.45, 2.75) is 39.5 Å². The number of nitrogens with two attached hydrogens (primary N) is 1. The van der Waals surface area contributed by atoms with Crippen molar-refractivity contribution in [1.29, 1.82) is 0 Å². The molecule has 6 heteroatoms. The zero-order valence-electron chi connectivity index (χ0n) is 27.9. The number of hydrogen-bond acceptors (Lipinski definition) is 5. The van der Waals surface area contributed by atoms with Gasteiger partial charge in [0, 0.05) is 18.9 Å². The molecule has 0 aliphatic carbocycles. The molecule has 0 heterocycles. The van der Waals surface area contributed by atoms with Crippen LogP contribution in [-0.2, 0) is 0 Å². The van der Waals surface area contributed by atoms with Crippen LogP contribution in [0.2, 0.25) is 0 Å². The minimum absolute atomic E-state index is 0. The first-order valence-corrected chi connectivity index (χ1v) is 16.2. The van der Waals surface area contributed by atoms with Crippen LogP contribution in [-0.4, -0.2) is 4.92 Å². The zero-order chi connectivity index (χ0) is 34.0. The van der Waals surface area contributed by atoms with Gasteiger partial charge >= 0.3 is 0 Å². The van der Waals surface area contributed by atoms with Crippen molar-refractivity contribution >= 4 is 34.1 Å². The molecule has 0 bridgehead atoms. The SMILES string of the molecule is CC(C)c1ccccc1Nc1cc(-c2ccccc2)ccc1N.CC(C)c1ccccc1Nc1cc(-c2ccccc2)ccc1[N+](=O)[O-].[HH]. The molecule has 48 heavy (non-hydrogen) atoms. The monoisotopic (exact) mass is 636 g/mol. The summed E-state index contributed by atoms with van der Waals surface area (Å²) in [6, 6.07) is 47.8. The summed E-state index contributed by atoms with van der Waals surface area (Å²) in [4.78, 5) is 11.1. The second-order valence-corrected chi connectivity index (χ2v) is 12.3. The third kappa shape index (κ3) is 8.28. The summed E-state index contributed by atoms with van der Waals surface area (Å²) in [5, 5.41) is 18.2. The number of para-hydroxylation sites is 2. The molecule has 0 radical (unpaired) electrons. The highest BCUT2D eigenvalue weighted by Crippen LogP contribution is 2.35. The van der Waals surface area contributed by atoms with Crippen molar-refractivity contribution in [2.24, 2.45) is 0 Å². The first-order valence-electron chi connectivity index (χ1n) is 16.2. The Balaban J connectivity index is 0.000000217. The Hall–Kier alpha value is -5.88. The molecule has 0 saturated carbocycles. The van der Waals surface area contributed by atoms with Crippen LogP contribution in [0.25, 0.3) is 22.3 Å². The summed E-state index contributed by atoms with van der Waals surface area (Å²) in [5.41, 5.74) is 17.2. The van der Waals surface area contributed by atoms with Gasteiger partial charge < -0.3 is 16.4 Å². The van der Waals surface area contributed by atoms with E-state index >= 15 is 0 Å². The molecule has 0 spiro atoms. The van der Waals surface area contributed by atoms with Crippen molar-refractivity contribution in [3.8, 4) is 22.3 Å². The Kier molecular flexibility index (Phi) is 10.9. The summed E-state index contributed by atoms with van der Waals surface area (Å²) in [6.07, 6.45) is 0. The molecule has 0 unspecified atom stereocenters. The van der Waals surface area contributed by atoms with E-state index in [1.807, 2.05) is 91.0 Å². The van der Waals surface area contributed by atoms with Crippen molar-refractivity contribution in [3.05, 3.63) is 167 Å². The Labute approximate surface area is 284 Å². The third-order valence-corrected chi connectivity index (χ3v) is 8.17. The second-order valence-electron chi connectivity index (χ2n) is 12.3. The number of nitro benzene ring substituents is 1. The van der Waals surface area contributed by atoms with Crippen molar-refractivity contribution in [2.75, 3.05) is 16.4 Å². The number of benzene rings is 6. The highest BCUT2D eigenvalue weighted by atomic mass is 16.6. The lowest BCUT2D eigenvalue weighted by molar-refractivity contribution is -0.383. The number of nitrogen functional groups attached to an aromatic ring is 1. The molecule has 0 aromatic heterocycles. The van der Waals surface area contributed by atoms with Gasteiger partial charge in [0.1, 0.15) is 5.69 Å². The molecule has 4 N–H and O–H groups in total. The van der Waals surface area contributed by atoms with Crippen molar-refractivity contribution in [3.63, 3.8) is 0 Å². The van der Waals surface area contributed by atoms with Gasteiger partial charge in [0.25, 0.3) is 5.69 Å². The van der Waals surface area contributed by atoms with Crippen LogP contribution in [0.4, 0.5) is 34.1 Å². The maximum atomic E-state index is 11.4. The highest BCUT2D eigenvalue weighted by Gasteiger charge is 2.17. The molecule has 0 saturated heterocycles. The summed E-state index contributed by atoms with van der Waals surface area (Å²) in [5.74, 6) is 0.775. The van der Waals surface area contributed by atoms with E-state index in [0.717, 1.165) is 45.0 Å². The number of rotatable bonds is 9. The average molecular weight is 637 g/mol. The van der Waals surface area contributed by atoms with Crippen molar-refractivity contribution < 1.29 is 6.35 Å². The van der Waals surface area contributed by atoms with E-state index in [2.05, 4.69) is 80.8 Å². The Bertz CT molecular complexity index is 1980. The number of anilines is 5. The molecular weight excluding hydrogens is 592 g/mol. The van der Waals surface area contributed by atoms with Crippen LogP contribution >= 0.6 is 0 Å². The molecule has 0 aliphatic rings. The zero-order valence-corrected chi connectivity index (χ0v) is 27.9. The van der Waals surface area contributed by atoms with E-state index in [4.69, 9.17) is 5.73 Å². The molecule has 0 atom stereocenters. The summed E-state index contributed by atoms with van der Waals surface area (Å²) in [7, 11) is 0. The van der Waals surface area contributed by atoms with Crippen LogP contribution in [0.3, 0.4) is 0 Å². The fourth-order valence-corrected chi connectivity index (χ4v) is 5.60. The first-order chi connectivity index (χ1) is 23.2. The highest BCUT2D eigenvalue weighted by molar-refractivity contribution is 5.81. The first kappa shape index (κ1) is 33.5. The fourth-order valence-electron chi connectivity index (χ4n) is 5.60. The van der Waals surface area contributed by atoms with Crippen LogP contribution < -0.4 is 16.4 Å². The minimum Gasteiger partial charge on any atom is -0.397 e. The predicted molar refractivity (Wildman–Crippen MR) is 205 cm³/mol. The normalized spacial score (nSPS) is 10.7. The molecule has 6 aromatic carbocycles. The lowest BCUT2D eigenvalue weighted by Gasteiger charge is -2.16. The van der Waals surface area contributed by atoms with E-state index in [-0.39, 0.29) is 12.0 Å². The molecule has 6 aromatic rings. The third-order valence-electron chi connectivity index (χ3n) is 8.17. The van der Waals surface area contributed by atoms with Gasteiger partial charge in [-0.15, -0.1) is 0 Å². The molecule has 6 rings (SSSR count). The van der Waals surface area contributed by atoms with Crippen LogP contribution in [0.5, 0.6) is 0 Å². The van der Waals surface area contributed by atoms with Crippen molar-refractivity contribution in [1.82, 2.24) is 0 Å². The molecule has 0 fully saturated rings. The maximum absolute atomic E-state index is 11.4. The van der Waals surface area contributed by atoms with E-state index < -0.39 is 0 Å². The van der Waals surface area contributed by atoms with E-state index in [0.29, 0.717) is 17.5 Å². The van der Waals surface area contributed by atoms with E-state index in [1.165, 1.54) is 11.1 Å². The summed E-state index contributed by atoms with van der Waals surface area (Å²) in [6.45, 7) is 8.61. The van der Waals surface area contributed by atoms with E-state index in [9.17, 15) is 10.1 Å². The summed E-state index contributed by atoms with van der Waals surface area (Å²) >= 11 is 0. The Morgan fingerprint density at radius 2 is 0.938 bits per heavy atom. The second kappa shape index (κ2) is 15.6. The van der Waals surface area contributed by atoms with Crippen LogP contribution in [0.15, 0.2) is 146 Å². The van der Waals surface area contributed by atoms with Gasteiger partial charge in [0.15, 0.2) is 0 Å². The van der Waals surface area contributed by atoms with Gasteiger partial charge in [-0.2, -0.15) is 0 Å². The number of nitrogens with zero attached hydrogens (tertiary/aromatic N) is 1. The smallest absolute Gasteiger partial charge is 0.292 e. The Morgan fingerprint density at radius 3 is 1.42 bits per heavy atom. The lowest BCUT2D eigenvalue weighted by Crippen LogP contribution is -2.01. The predicted octanol–water partition coefficient (Wildman–Crippen LogP) is 12.2. The summed E-state index contributed by atoms with van der Waals surface area (Å²) < 4.78 is 0. The Morgan fingerprint density at radius 1 is 0.521 bits per heavy atom. The number of nitrogens with one attached hydrogen (secondary N) is 2. The largest absolute Gasteiger partial charge is 0.397 e. The maximum Gasteiger partial charge on any atom is 0.292 e. The average Bonchev–Trinajstić information content (AvgIpc) is 3.10. The number of nitro groups is 1. The topological polar surface area (TPSA) is 93.2 Å². The van der Waals surface area contributed by atoms with Gasteiger partial charge in [-0.1, -0.05) is 131 Å². The number of hydrogen-bond donors (Lipinski definition) is 3. The van der Waals surface area contributed by atoms with Gasteiger partial charge in [-0.3, -0.25) is 10.1 Å². The standard InChI is InChI=1S/C21H20N2O2.C21H22N2.H2/c1-15(2)18-10-6-7-11-19(18)22-20-14-17(12-13-21(20)23(24)25)16-8-4-3-5-9-16;1-15(2)18-10-6-7-11-20(18)23-21-14-17(12-13-19(21)22)16-8-4-3-5-9-16;/h3-15,22H,1-2H3;3-15,23H,22H2,1-2H3;1H. The van der Waals surface area contributed by atoms with Gasteiger partial charge in [0.05, 0.1) is 16.3 Å². The van der Waals surface area contributed by atoms with Crippen LogP contribution in [0, 0.1) is 10.1 Å². The van der Waals surface area contributed by atoms with Gasteiger partial charge in [-0.05, 0) is 81.6 Å².